The van der Waals surface area contributed by atoms with Crippen LogP contribution in [0.3, 0.4) is 0 Å². The van der Waals surface area contributed by atoms with Crippen LogP contribution in [-0.2, 0) is 0 Å². The molecule has 0 unspecified atom stereocenters. The molecule has 3 aromatic rings. The van der Waals surface area contributed by atoms with Gasteiger partial charge in [0, 0.05) is 29.1 Å². The van der Waals surface area contributed by atoms with E-state index in [2.05, 4.69) is 0 Å². The Kier molecular flexibility index (Phi) is 5.35. The Hall–Kier alpha value is -3.84. The van der Waals surface area contributed by atoms with Gasteiger partial charge in [0.05, 0.1) is 22.1 Å². The van der Waals surface area contributed by atoms with Crippen LogP contribution in [0.5, 0.6) is 0 Å². The predicted octanol–water partition coefficient (Wildman–Crippen LogP) is 4.86. The van der Waals surface area contributed by atoms with Crippen LogP contribution in [-0.4, -0.2) is 27.4 Å². The van der Waals surface area contributed by atoms with E-state index in [9.17, 15) is 24.5 Å². The molecule has 7 nitrogen and oxygen atoms in total. The Morgan fingerprint density at radius 2 is 1.65 bits per heavy atom. The van der Waals surface area contributed by atoms with Crippen molar-refractivity contribution in [2.45, 2.75) is 12.5 Å². The molecule has 0 spiro atoms. The summed E-state index contributed by atoms with van der Waals surface area (Å²) >= 11 is 6.12. The van der Waals surface area contributed by atoms with Crippen molar-refractivity contribution in [3.63, 3.8) is 0 Å². The van der Waals surface area contributed by atoms with Crippen molar-refractivity contribution in [1.82, 2.24) is 4.90 Å². The second kappa shape index (κ2) is 8.12. The largest absolute Gasteiger partial charge is 0.294 e. The number of non-ortho nitro benzene ring substituents is 1. The van der Waals surface area contributed by atoms with Crippen LogP contribution >= 0.6 is 11.6 Å². The average Bonchev–Trinajstić information content (AvgIpc) is 3.02. The number of carbonyl (C=O) groups excluding carboxylic acids is 3. The lowest BCUT2D eigenvalue weighted by atomic mass is 9.96. The Morgan fingerprint density at radius 3 is 2.32 bits per heavy atom. The van der Waals surface area contributed by atoms with Gasteiger partial charge in [0.2, 0.25) is 0 Å². The van der Waals surface area contributed by atoms with Crippen LogP contribution in [0.15, 0.2) is 72.8 Å². The first-order chi connectivity index (χ1) is 14.9. The maximum absolute atomic E-state index is 13.1. The fourth-order valence-electron chi connectivity index (χ4n) is 3.63. The van der Waals surface area contributed by atoms with Crippen molar-refractivity contribution in [3.8, 4) is 0 Å². The van der Waals surface area contributed by atoms with Crippen LogP contribution in [0.25, 0.3) is 0 Å². The minimum Gasteiger partial charge on any atom is -0.294 e. The molecular formula is C23H15ClN2O5. The quantitative estimate of drug-likeness (QED) is 0.239. The molecule has 0 bridgehead atoms. The standard InChI is InChI=1S/C23H15ClN2O5/c24-16-8-4-7-15(11-16)20(13-21(27)14-5-2-1-3-6-14)25-22(28)18-10-9-17(26(30)31)12-19(18)23(25)29/h1-12,20H,13H2/t20-/m0/s1. The first-order valence-corrected chi connectivity index (χ1v) is 9.74. The van der Waals surface area contributed by atoms with Crippen molar-refractivity contribution in [3.05, 3.63) is 110 Å². The first-order valence-electron chi connectivity index (χ1n) is 9.37. The molecule has 3 aromatic carbocycles. The summed E-state index contributed by atoms with van der Waals surface area (Å²) in [7, 11) is 0. The SMILES string of the molecule is O=C(C[C@@H](c1cccc(Cl)c1)N1C(=O)c2ccc([N+](=O)[O-])cc2C1=O)c1ccccc1. The van der Waals surface area contributed by atoms with Gasteiger partial charge in [0.25, 0.3) is 17.5 Å². The summed E-state index contributed by atoms with van der Waals surface area (Å²) in [5.41, 5.74) is 0.678. The zero-order valence-electron chi connectivity index (χ0n) is 16.0. The van der Waals surface area contributed by atoms with Crippen molar-refractivity contribution in [2.24, 2.45) is 0 Å². The third-order valence-electron chi connectivity index (χ3n) is 5.13. The van der Waals surface area contributed by atoms with Crippen molar-refractivity contribution in [1.29, 1.82) is 0 Å². The topological polar surface area (TPSA) is 97.6 Å². The normalized spacial score (nSPS) is 13.8. The number of nitrogens with zero attached hydrogens (tertiary/aromatic N) is 2. The minimum absolute atomic E-state index is 0.0570. The Balaban J connectivity index is 1.76. The maximum atomic E-state index is 13.1. The molecule has 0 saturated carbocycles. The third-order valence-corrected chi connectivity index (χ3v) is 5.37. The number of carbonyl (C=O) groups is 3. The van der Waals surface area contributed by atoms with E-state index < -0.39 is 22.8 Å². The maximum Gasteiger partial charge on any atom is 0.270 e. The van der Waals surface area contributed by atoms with E-state index in [0.29, 0.717) is 16.1 Å². The summed E-state index contributed by atoms with van der Waals surface area (Å²) < 4.78 is 0. The highest BCUT2D eigenvalue weighted by Crippen LogP contribution is 2.36. The lowest BCUT2D eigenvalue weighted by molar-refractivity contribution is -0.384. The Bertz CT molecular complexity index is 1230. The number of hydrogen-bond donors (Lipinski definition) is 0. The summed E-state index contributed by atoms with van der Waals surface area (Å²) in [5, 5.41) is 11.5. The van der Waals surface area contributed by atoms with E-state index in [-0.39, 0.29) is 29.0 Å². The van der Waals surface area contributed by atoms with Crippen LogP contribution < -0.4 is 0 Å². The zero-order valence-corrected chi connectivity index (χ0v) is 16.8. The van der Waals surface area contributed by atoms with Gasteiger partial charge in [-0.2, -0.15) is 0 Å². The Morgan fingerprint density at radius 1 is 0.935 bits per heavy atom. The molecule has 2 amide bonds. The highest BCUT2D eigenvalue weighted by molar-refractivity contribution is 6.30. The van der Waals surface area contributed by atoms with Crippen molar-refractivity contribution >= 4 is 34.9 Å². The lowest BCUT2D eigenvalue weighted by Crippen LogP contribution is -2.35. The molecule has 1 atom stereocenters. The van der Waals surface area contributed by atoms with Gasteiger partial charge in [0.1, 0.15) is 0 Å². The van der Waals surface area contributed by atoms with E-state index in [1.807, 2.05) is 0 Å². The molecule has 1 aliphatic rings. The van der Waals surface area contributed by atoms with Gasteiger partial charge in [-0.15, -0.1) is 0 Å². The summed E-state index contributed by atoms with van der Waals surface area (Å²) in [5.74, 6) is -1.55. The smallest absolute Gasteiger partial charge is 0.270 e. The molecule has 1 aliphatic heterocycles. The van der Waals surface area contributed by atoms with Crippen LogP contribution in [0.1, 0.15) is 49.1 Å². The van der Waals surface area contributed by atoms with Crippen LogP contribution in [0.2, 0.25) is 5.02 Å². The number of rotatable bonds is 6. The third kappa shape index (κ3) is 3.83. The number of nitro benzene ring substituents is 1. The average molecular weight is 435 g/mol. The summed E-state index contributed by atoms with van der Waals surface area (Å²) in [6, 6.07) is 17.7. The first kappa shape index (κ1) is 20.4. The number of hydrogen-bond acceptors (Lipinski definition) is 5. The molecule has 0 fully saturated rings. The molecule has 31 heavy (non-hydrogen) atoms. The highest BCUT2D eigenvalue weighted by atomic mass is 35.5. The summed E-state index contributed by atoms with van der Waals surface area (Å²) in [6.45, 7) is 0. The summed E-state index contributed by atoms with van der Waals surface area (Å²) in [6.07, 6.45) is -0.155. The second-order valence-electron chi connectivity index (χ2n) is 7.03. The number of imide groups is 1. The zero-order chi connectivity index (χ0) is 22.1. The van der Waals surface area contributed by atoms with Gasteiger partial charge < -0.3 is 0 Å². The molecule has 154 valence electrons. The number of nitro groups is 1. The summed E-state index contributed by atoms with van der Waals surface area (Å²) in [4.78, 5) is 50.6. The minimum atomic E-state index is -0.919. The van der Waals surface area contributed by atoms with Gasteiger partial charge in [-0.25, -0.2) is 0 Å². The highest BCUT2D eigenvalue weighted by Gasteiger charge is 2.42. The molecule has 0 saturated heterocycles. The van der Waals surface area contributed by atoms with E-state index in [1.165, 1.54) is 12.1 Å². The van der Waals surface area contributed by atoms with Gasteiger partial charge in [0.15, 0.2) is 5.78 Å². The Labute approximate surface area is 182 Å². The van der Waals surface area contributed by atoms with Crippen LogP contribution in [0, 0.1) is 10.1 Å². The second-order valence-corrected chi connectivity index (χ2v) is 7.47. The number of Topliss-reactive ketones (excluding diaryl/α,β-unsaturated/α-hetero) is 1. The molecule has 4 rings (SSSR count). The van der Waals surface area contributed by atoms with Gasteiger partial charge in [-0.3, -0.25) is 29.4 Å². The number of halogens is 1. The van der Waals surface area contributed by atoms with Crippen molar-refractivity contribution in [2.75, 3.05) is 0 Å². The van der Waals surface area contributed by atoms with Gasteiger partial charge >= 0.3 is 0 Å². The molecule has 0 aromatic heterocycles. The van der Waals surface area contributed by atoms with Crippen LogP contribution in [0.4, 0.5) is 5.69 Å². The fraction of sp³-hybridized carbons (Fsp3) is 0.0870. The molecule has 0 N–H and O–H groups in total. The van der Waals surface area contributed by atoms with E-state index >= 15 is 0 Å². The van der Waals surface area contributed by atoms with E-state index in [4.69, 9.17) is 11.6 Å². The molecule has 0 radical (unpaired) electrons. The predicted molar refractivity (Wildman–Crippen MR) is 113 cm³/mol. The monoisotopic (exact) mass is 434 g/mol. The van der Waals surface area contributed by atoms with E-state index in [1.54, 1.807) is 54.6 Å². The van der Waals surface area contributed by atoms with Crippen molar-refractivity contribution < 1.29 is 19.3 Å². The number of benzene rings is 3. The number of ketones is 1. The van der Waals surface area contributed by atoms with E-state index in [0.717, 1.165) is 11.0 Å². The lowest BCUT2D eigenvalue weighted by Gasteiger charge is -2.26. The fourth-order valence-corrected chi connectivity index (χ4v) is 3.83. The van der Waals surface area contributed by atoms with Gasteiger partial charge in [-0.05, 0) is 23.8 Å². The van der Waals surface area contributed by atoms with Gasteiger partial charge in [-0.1, -0.05) is 54.1 Å². The number of amides is 2. The molecular weight excluding hydrogens is 420 g/mol. The number of fused-ring (bicyclic) bond motifs is 1. The molecule has 8 heteroatoms. The molecule has 1 heterocycles. The molecule has 0 aliphatic carbocycles.